The third-order valence-electron chi connectivity index (χ3n) is 4.13. The van der Waals surface area contributed by atoms with Crippen LogP contribution in [0, 0.1) is 6.92 Å². The van der Waals surface area contributed by atoms with Gasteiger partial charge in [-0.15, -0.1) is 0 Å². The first-order valence-electron chi connectivity index (χ1n) is 7.78. The molecule has 0 spiro atoms. The molecule has 1 aliphatic rings. The van der Waals surface area contributed by atoms with Gasteiger partial charge in [-0.2, -0.15) is 11.3 Å². The first-order valence-corrected chi connectivity index (χ1v) is 8.72. The van der Waals surface area contributed by atoms with Crippen molar-refractivity contribution in [3.05, 3.63) is 57.8 Å². The zero-order chi connectivity index (χ0) is 16.2. The van der Waals surface area contributed by atoms with Crippen LogP contribution >= 0.6 is 11.3 Å². The molecular formula is C18H20N2O2S. The Morgan fingerprint density at radius 3 is 2.48 bits per heavy atom. The van der Waals surface area contributed by atoms with Crippen LogP contribution in [0.25, 0.3) is 0 Å². The van der Waals surface area contributed by atoms with Gasteiger partial charge in [0.1, 0.15) is 0 Å². The molecule has 3 rings (SSSR count). The zero-order valence-electron chi connectivity index (χ0n) is 13.2. The van der Waals surface area contributed by atoms with Gasteiger partial charge in [0.15, 0.2) is 0 Å². The lowest BCUT2D eigenvalue weighted by molar-refractivity contribution is -0.131. The lowest BCUT2D eigenvalue weighted by Crippen LogP contribution is -2.50. The smallest absolute Gasteiger partial charge is 0.254 e. The molecule has 1 aromatic carbocycles. The van der Waals surface area contributed by atoms with E-state index in [-0.39, 0.29) is 11.8 Å². The third-order valence-corrected chi connectivity index (χ3v) is 4.81. The first-order chi connectivity index (χ1) is 11.1. The third kappa shape index (κ3) is 3.79. The summed E-state index contributed by atoms with van der Waals surface area (Å²) in [5.74, 6) is 0.204. The van der Waals surface area contributed by atoms with Crippen LogP contribution in [0.2, 0.25) is 0 Å². The highest BCUT2D eigenvalue weighted by atomic mass is 32.1. The summed E-state index contributed by atoms with van der Waals surface area (Å²) in [6, 6.07) is 9.90. The summed E-state index contributed by atoms with van der Waals surface area (Å²) in [6.45, 7) is 4.46. The van der Waals surface area contributed by atoms with E-state index in [4.69, 9.17) is 0 Å². The van der Waals surface area contributed by atoms with Crippen molar-refractivity contribution >= 4 is 23.2 Å². The molecule has 0 N–H and O–H groups in total. The normalized spacial score (nSPS) is 14.8. The molecule has 0 saturated carbocycles. The van der Waals surface area contributed by atoms with Crippen LogP contribution in [-0.4, -0.2) is 47.8 Å². The van der Waals surface area contributed by atoms with Crippen molar-refractivity contribution in [1.29, 1.82) is 0 Å². The van der Waals surface area contributed by atoms with Gasteiger partial charge < -0.3 is 9.80 Å². The van der Waals surface area contributed by atoms with E-state index in [2.05, 4.69) is 0 Å². The van der Waals surface area contributed by atoms with Gasteiger partial charge in [0.2, 0.25) is 5.91 Å². The van der Waals surface area contributed by atoms with Crippen LogP contribution in [0.3, 0.4) is 0 Å². The predicted octanol–water partition coefficient (Wildman–Crippen LogP) is 2.58. The van der Waals surface area contributed by atoms with Crippen molar-refractivity contribution in [2.75, 3.05) is 26.2 Å². The minimum absolute atomic E-state index is 0.0667. The number of thiophene rings is 1. The Hall–Kier alpha value is -2.14. The highest BCUT2D eigenvalue weighted by molar-refractivity contribution is 7.08. The first kappa shape index (κ1) is 15.7. The molecule has 2 heterocycles. The molecule has 0 unspecified atom stereocenters. The van der Waals surface area contributed by atoms with E-state index in [9.17, 15) is 9.59 Å². The Kier molecular flexibility index (Phi) is 4.76. The average molecular weight is 328 g/mol. The molecule has 23 heavy (non-hydrogen) atoms. The summed E-state index contributed by atoms with van der Waals surface area (Å²) < 4.78 is 0. The van der Waals surface area contributed by atoms with Gasteiger partial charge in [-0.25, -0.2) is 0 Å². The quantitative estimate of drug-likeness (QED) is 0.869. The van der Waals surface area contributed by atoms with Crippen molar-refractivity contribution in [2.24, 2.45) is 0 Å². The number of carbonyl (C=O) groups is 2. The summed E-state index contributed by atoms with van der Waals surface area (Å²) >= 11 is 1.53. The SMILES string of the molecule is Cc1cccc(CC(=O)N2CCN(C(=O)c3ccsc3)CC2)c1. The van der Waals surface area contributed by atoms with Crippen LogP contribution in [0.5, 0.6) is 0 Å². The summed E-state index contributed by atoms with van der Waals surface area (Å²) in [7, 11) is 0. The molecular weight excluding hydrogens is 308 g/mol. The Morgan fingerprint density at radius 1 is 1.09 bits per heavy atom. The minimum atomic E-state index is 0.0667. The molecule has 4 nitrogen and oxygen atoms in total. The maximum absolute atomic E-state index is 12.4. The Labute approximate surface area is 140 Å². The van der Waals surface area contributed by atoms with Crippen molar-refractivity contribution in [3.8, 4) is 0 Å². The van der Waals surface area contributed by atoms with Crippen LogP contribution < -0.4 is 0 Å². The highest BCUT2D eigenvalue weighted by Gasteiger charge is 2.24. The molecule has 5 heteroatoms. The fourth-order valence-electron chi connectivity index (χ4n) is 2.84. The number of rotatable bonds is 3. The molecule has 2 aromatic rings. The van der Waals surface area contributed by atoms with Crippen LogP contribution in [0.1, 0.15) is 21.5 Å². The fourth-order valence-corrected chi connectivity index (χ4v) is 3.47. The van der Waals surface area contributed by atoms with Gasteiger partial charge in [-0.05, 0) is 23.9 Å². The molecule has 0 radical (unpaired) electrons. The summed E-state index contributed by atoms with van der Waals surface area (Å²) in [5, 5.41) is 3.78. The highest BCUT2D eigenvalue weighted by Crippen LogP contribution is 2.13. The van der Waals surface area contributed by atoms with Gasteiger partial charge in [-0.1, -0.05) is 29.8 Å². The van der Waals surface area contributed by atoms with Crippen molar-refractivity contribution in [2.45, 2.75) is 13.3 Å². The summed E-state index contributed by atoms with van der Waals surface area (Å²) in [5.41, 5.74) is 2.96. The molecule has 1 aliphatic heterocycles. The number of nitrogens with zero attached hydrogens (tertiary/aromatic N) is 2. The maximum Gasteiger partial charge on any atom is 0.254 e. The number of carbonyl (C=O) groups excluding carboxylic acids is 2. The van der Waals surface area contributed by atoms with Crippen molar-refractivity contribution in [1.82, 2.24) is 9.80 Å². The second kappa shape index (κ2) is 6.96. The second-order valence-electron chi connectivity index (χ2n) is 5.85. The monoisotopic (exact) mass is 328 g/mol. The standard InChI is InChI=1S/C18H20N2O2S/c1-14-3-2-4-15(11-14)12-17(21)19-6-8-20(9-7-19)18(22)16-5-10-23-13-16/h2-5,10-11,13H,6-9,12H2,1H3. The van der Waals surface area contributed by atoms with Crippen LogP contribution in [0.15, 0.2) is 41.1 Å². The molecule has 1 saturated heterocycles. The van der Waals surface area contributed by atoms with E-state index in [1.807, 2.05) is 57.8 Å². The van der Waals surface area contributed by atoms with E-state index in [0.29, 0.717) is 32.6 Å². The van der Waals surface area contributed by atoms with Gasteiger partial charge in [0.25, 0.3) is 5.91 Å². The fraction of sp³-hybridized carbons (Fsp3) is 0.333. The molecule has 1 aromatic heterocycles. The van der Waals surface area contributed by atoms with E-state index in [1.165, 1.54) is 16.9 Å². The molecule has 0 aliphatic carbocycles. The Morgan fingerprint density at radius 2 is 1.83 bits per heavy atom. The van der Waals surface area contributed by atoms with Gasteiger partial charge in [-0.3, -0.25) is 9.59 Å². The predicted molar refractivity (Wildman–Crippen MR) is 91.7 cm³/mol. The van der Waals surface area contributed by atoms with Crippen LogP contribution in [-0.2, 0) is 11.2 Å². The van der Waals surface area contributed by atoms with E-state index in [1.54, 1.807) is 0 Å². The minimum Gasteiger partial charge on any atom is -0.339 e. The average Bonchev–Trinajstić information content (AvgIpc) is 3.09. The zero-order valence-corrected chi connectivity index (χ0v) is 14.0. The van der Waals surface area contributed by atoms with E-state index < -0.39 is 0 Å². The van der Waals surface area contributed by atoms with Crippen molar-refractivity contribution < 1.29 is 9.59 Å². The second-order valence-corrected chi connectivity index (χ2v) is 6.63. The summed E-state index contributed by atoms with van der Waals surface area (Å²) in [6.07, 6.45) is 0.431. The molecule has 120 valence electrons. The number of amides is 2. The van der Waals surface area contributed by atoms with Crippen molar-refractivity contribution in [3.63, 3.8) is 0 Å². The maximum atomic E-state index is 12.4. The lowest BCUT2D eigenvalue weighted by atomic mass is 10.1. The van der Waals surface area contributed by atoms with Gasteiger partial charge in [0, 0.05) is 31.6 Å². The molecule has 1 fully saturated rings. The molecule has 0 atom stereocenters. The summed E-state index contributed by atoms with van der Waals surface area (Å²) in [4.78, 5) is 28.4. The van der Waals surface area contributed by atoms with Gasteiger partial charge >= 0.3 is 0 Å². The lowest BCUT2D eigenvalue weighted by Gasteiger charge is -2.34. The number of hydrogen-bond acceptors (Lipinski definition) is 3. The largest absolute Gasteiger partial charge is 0.339 e. The number of piperazine rings is 1. The Balaban J connectivity index is 1.54. The molecule has 2 amide bonds. The number of aryl methyl sites for hydroxylation is 1. The number of hydrogen-bond donors (Lipinski definition) is 0. The van der Waals surface area contributed by atoms with Crippen LogP contribution in [0.4, 0.5) is 0 Å². The van der Waals surface area contributed by atoms with E-state index >= 15 is 0 Å². The molecule has 0 bridgehead atoms. The topological polar surface area (TPSA) is 40.6 Å². The number of benzene rings is 1. The van der Waals surface area contributed by atoms with E-state index in [0.717, 1.165) is 11.1 Å². The van der Waals surface area contributed by atoms with Gasteiger partial charge in [0.05, 0.1) is 12.0 Å². The Bertz CT molecular complexity index is 689.